The van der Waals surface area contributed by atoms with Crippen LogP contribution < -0.4 is 15.1 Å². The highest BCUT2D eigenvalue weighted by molar-refractivity contribution is 6.41. The minimum atomic E-state index is -0.172. The first-order chi connectivity index (χ1) is 15.5. The van der Waals surface area contributed by atoms with Gasteiger partial charge in [0.05, 0.1) is 23.9 Å². The van der Waals surface area contributed by atoms with Gasteiger partial charge in [-0.15, -0.1) is 0 Å². The van der Waals surface area contributed by atoms with Gasteiger partial charge in [0.1, 0.15) is 11.5 Å². The average Bonchev–Trinajstić information content (AvgIpc) is 2.94. The van der Waals surface area contributed by atoms with Crippen LogP contribution in [-0.2, 0) is 4.79 Å². The summed E-state index contributed by atoms with van der Waals surface area (Å²) < 4.78 is 5.31. The molecule has 0 aromatic heterocycles. The maximum atomic E-state index is 13.3. The molecule has 1 aliphatic carbocycles. The van der Waals surface area contributed by atoms with Gasteiger partial charge < -0.3 is 10.1 Å². The Hall–Kier alpha value is -2.24. The van der Waals surface area contributed by atoms with Crippen molar-refractivity contribution in [3.63, 3.8) is 0 Å². The number of hydrazone groups is 1. The number of carbonyl (C=O) groups excluding carboxylic acids is 1. The Morgan fingerprint density at radius 3 is 2.38 bits per heavy atom. The summed E-state index contributed by atoms with van der Waals surface area (Å²) in [5, 5.41) is 11.0. The van der Waals surface area contributed by atoms with E-state index in [0.29, 0.717) is 15.8 Å². The molecule has 170 valence electrons. The standard InChI is InChI=1S/C25H29Cl2N3O2/c1-16-23(25(31)28-19-7-5-3-4-6-8-19)29-30(22-14-11-18(26)15-21(22)27)24(16)17-9-12-20(32-2)13-10-17/h9-16,19,24H,3-8H2,1-2H3,(H,28,31)/t16-,24-/m1/s1. The highest BCUT2D eigenvalue weighted by atomic mass is 35.5. The third kappa shape index (κ3) is 4.89. The number of halogens is 2. The summed E-state index contributed by atoms with van der Waals surface area (Å²) in [5.41, 5.74) is 2.28. The third-order valence-corrected chi connectivity index (χ3v) is 6.96. The van der Waals surface area contributed by atoms with E-state index in [9.17, 15) is 4.79 Å². The Morgan fingerprint density at radius 1 is 1.06 bits per heavy atom. The van der Waals surface area contributed by atoms with E-state index in [4.69, 9.17) is 33.0 Å². The van der Waals surface area contributed by atoms with Crippen LogP contribution >= 0.6 is 23.2 Å². The first-order valence-electron chi connectivity index (χ1n) is 11.3. The van der Waals surface area contributed by atoms with Gasteiger partial charge in [0.15, 0.2) is 0 Å². The topological polar surface area (TPSA) is 53.9 Å². The Labute approximate surface area is 199 Å². The van der Waals surface area contributed by atoms with Gasteiger partial charge in [-0.2, -0.15) is 5.10 Å². The van der Waals surface area contributed by atoms with E-state index in [1.54, 1.807) is 19.2 Å². The van der Waals surface area contributed by atoms with Crippen molar-refractivity contribution in [2.75, 3.05) is 12.1 Å². The fourth-order valence-corrected chi connectivity index (χ4v) is 5.16. The third-order valence-electron chi connectivity index (χ3n) is 6.42. The number of rotatable bonds is 5. The van der Waals surface area contributed by atoms with E-state index in [1.165, 1.54) is 12.8 Å². The summed E-state index contributed by atoms with van der Waals surface area (Å²) in [6.07, 6.45) is 6.87. The average molecular weight is 474 g/mol. The van der Waals surface area contributed by atoms with Crippen LogP contribution in [0.3, 0.4) is 0 Å². The minimum absolute atomic E-state index is 0.0875. The fourth-order valence-electron chi connectivity index (χ4n) is 4.67. The van der Waals surface area contributed by atoms with Crippen LogP contribution in [0.1, 0.15) is 57.1 Å². The van der Waals surface area contributed by atoms with Crippen LogP contribution in [-0.4, -0.2) is 24.8 Å². The molecule has 0 unspecified atom stereocenters. The number of ether oxygens (including phenoxy) is 1. The number of anilines is 1. The van der Waals surface area contributed by atoms with E-state index in [-0.39, 0.29) is 23.9 Å². The second-order valence-corrected chi connectivity index (χ2v) is 9.44. The maximum Gasteiger partial charge on any atom is 0.268 e. The zero-order valence-corrected chi connectivity index (χ0v) is 20.0. The Kier molecular flexibility index (Phi) is 7.27. The van der Waals surface area contributed by atoms with Gasteiger partial charge in [-0.25, -0.2) is 0 Å². The summed E-state index contributed by atoms with van der Waals surface area (Å²) in [6, 6.07) is 13.3. The summed E-state index contributed by atoms with van der Waals surface area (Å²) in [6.45, 7) is 2.05. The Morgan fingerprint density at radius 2 is 1.75 bits per heavy atom. The number of methoxy groups -OCH3 is 1. The number of nitrogens with one attached hydrogen (secondary N) is 1. The molecule has 4 rings (SSSR count). The van der Waals surface area contributed by atoms with Gasteiger partial charge in [-0.3, -0.25) is 9.80 Å². The zero-order chi connectivity index (χ0) is 22.7. The summed E-state index contributed by atoms with van der Waals surface area (Å²) in [4.78, 5) is 13.3. The molecular weight excluding hydrogens is 445 g/mol. The molecular formula is C25H29Cl2N3O2. The van der Waals surface area contributed by atoms with Gasteiger partial charge in [0, 0.05) is 17.0 Å². The molecule has 7 heteroatoms. The number of hydrogen-bond donors (Lipinski definition) is 1. The molecule has 2 aromatic carbocycles. The number of nitrogens with zero attached hydrogens (tertiary/aromatic N) is 2. The van der Waals surface area contributed by atoms with E-state index in [1.807, 2.05) is 42.3 Å². The predicted molar refractivity (Wildman–Crippen MR) is 131 cm³/mol. The van der Waals surface area contributed by atoms with Crippen molar-refractivity contribution in [1.82, 2.24) is 5.32 Å². The van der Waals surface area contributed by atoms with Gasteiger partial charge in [-0.1, -0.05) is 67.9 Å². The van der Waals surface area contributed by atoms with E-state index >= 15 is 0 Å². The van der Waals surface area contributed by atoms with Crippen molar-refractivity contribution in [3.05, 3.63) is 58.1 Å². The van der Waals surface area contributed by atoms with Crippen LogP contribution in [0.15, 0.2) is 47.6 Å². The van der Waals surface area contributed by atoms with Crippen molar-refractivity contribution < 1.29 is 9.53 Å². The molecule has 1 amide bonds. The maximum absolute atomic E-state index is 13.3. The Bertz CT molecular complexity index is 985. The van der Waals surface area contributed by atoms with E-state index in [2.05, 4.69) is 5.32 Å². The number of amides is 1. The minimum Gasteiger partial charge on any atom is -0.497 e. The lowest BCUT2D eigenvalue weighted by Gasteiger charge is -2.27. The molecule has 1 aliphatic heterocycles. The van der Waals surface area contributed by atoms with Crippen LogP contribution in [0.25, 0.3) is 0 Å². The SMILES string of the molecule is COc1ccc([C@H]2[C@H](C)C(C(=O)NC3CCCCCC3)=NN2c2ccc(Cl)cc2Cl)cc1. The van der Waals surface area contributed by atoms with Crippen molar-refractivity contribution >= 4 is 40.5 Å². The van der Waals surface area contributed by atoms with Gasteiger partial charge in [0.25, 0.3) is 5.91 Å². The Balaban J connectivity index is 1.66. The van der Waals surface area contributed by atoms with Crippen molar-refractivity contribution in [3.8, 4) is 5.75 Å². The largest absolute Gasteiger partial charge is 0.497 e. The number of carbonyl (C=O) groups is 1. The monoisotopic (exact) mass is 473 g/mol. The molecule has 0 radical (unpaired) electrons. The highest BCUT2D eigenvalue weighted by Gasteiger charge is 2.40. The van der Waals surface area contributed by atoms with E-state index in [0.717, 1.165) is 42.7 Å². The van der Waals surface area contributed by atoms with Crippen molar-refractivity contribution in [1.29, 1.82) is 0 Å². The normalized spacial score (nSPS) is 21.8. The van der Waals surface area contributed by atoms with Crippen LogP contribution in [0, 0.1) is 5.92 Å². The number of benzene rings is 2. The number of hydrogen-bond acceptors (Lipinski definition) is 4. The molecule has 5 nitrogen and oxygen atoms in total. The summed E-state index contributed by atoms with van der Waals surface area (Å²) in [7, 11) is 1.64. The summed E-state index contributed by atoms with van der Waals surface area (Å²) >= 11 is 12.7. The predicted octanol–water partition coefficient (Wildman–Crippen LogP) is 6.39. The molecule has 0 bridgehead atoms. The smallest absolute Gasteiger partial charge is 0.268 e. The first kappa shape index (κ1) is 22.9. The molecule has 1 N–H and O–H groups in total. The molecule has 0 spiro atoms. The van der Waals surface area contributed by atoms with E-state index < -0.39 is 0 Å². The molecule has 2 aromatic rings. The van der Waals surface area contributed by atoms with Crippen LogP contribution in [0.5, 0.6) is 5.75 Å². The molecule has 2 aliphatic rings. The molecule has 1 saturated carbocycles. The summed E-state index contributed by atoms with van der Waals surface area (Å²) in [5.74, 6) is 0.569. The van der Waals surface area contributed by atoms with Crippen molar-refractivity contribution in [2.24, 2.45) is 11.0 Å². The molecule has 1 fully saturated rings. The fraction of sp³-hybridized carbons (Fsp3) is 0.440. The lowest BCUT2D eigenvalue weighted by atomic mass is 9.90. The molecule has 32 heavy (non-hydrogen) atoms. The molecule has 2 atom stereocenters. The second kappa shape index (κ2) is 10.1. The lowest BCUT2D eigenvalue weighted by Crippen LogP contribution is -2.40. The first-order valence-corrected chi connectivity index (χ1v) is 12.0. The van der Waals surface area contributed by atoms with Gasteiger partial charge in [0.2, 0.25) is 0 Å². The zero-order valence-electron chi connectivity index (χ0n) is 18.5. The molecule has 1 heterocycles. The van der Waals surface area contributed by atoms with Gasteiger partial charge in [-0.05, 0) is 48.7 Å². The second-order valence-electron chi connectivity index (χ2n) is 8.59. The van der Waals surface area contributed by atoms with Crippen LogP contribution in [0.2, 0.25) is 10.0 Å². The van der Waals surface area contributed by atoms with Crippen LogP contribution in [0.4, 0.5) is 5.69 Å². The molecule has 0 saturated heterocycles. The quantitative estimate of drug-likeness (QED) is 0.511. The lowest BCUT2D eigenvalue weighted by molar-refractivity contribution is -0.115. The van der Waals surface area contributed by atoms with Crippen molar-refractivity contribution in [2.45, 2.75) is 57.5 Å². The van der Waals surface area contributed by atoms with Gasteiger partial charge >= 0.3 is 0 Å². The highest BCUT2D eigenvalue weighted by Crippen LogP contribution is 2.42.